The van der Waals surface area contributed by atoms with Crippen molar-refractivity contribution in [3.8, 4) is 17.2 Å². The first kappa shape index (κ1) is 25.6. The van der Waals surface area contributed by atoms with E-state index < -0.39 is 15.9 Å². The number of hydrogen-bond acceptors (Lipinski definition) is 9. The first-order valence-corrected chi connectivity index (χ1v) is 14.1. The van der Waals surface area contributed by atoms with E-state index in [-0.39, 0.29) is 4.90 Å². The maximum Gasteiger partial charge on any atom is 0.323 e. The van der Waals surface area contributed by atoms with Gasteiger partial charge in [0.05, 0.1) is 11.4 Å². The summed E-state index contributed by atoms with van der Waals surface area (Å²) in [6.45, 7) is 4.50. The number of piperazine rings is 1. The van der Waals surface area contributed by atoms with E-state index in [9.17, 15) is 13.2 Å². The number of urea groups is 1. The van der Waals surface area contributed by atoms with Crippen LogP contribution in [-0.2, 0) is 9.84 Å². The molecule has 3 heterocycles. The van der Waals surface area contributed by atoms with Crippen molar-refractivity contribution in [3.05, 3.63) is 54.7 Å². The van der Waals surface area contributed by atoms with Crippen LogP contribution < -0.4 is 30.3 Å². The van der Waals surface area contributed by atoms with Gasteiger partial charge in [-0.05, 0) is 49.5 Å². The minimum Gasteiger partial charge on any atom is -0.485 e. The predicted octanol–water partition coefficient (Wildman–Crippen LogP) is 3.48. The molecule has 3 N–H and O–H groups in total. The highest BCUT2D eigenvalue weighted by atomic mass is 32.2. The van der Waals surface area contributed by atoms with E-state index in [1.165, 1.54) is 6.07 Å². The van der Waals surface area contributed by atoms with Gasteiger partial charge in [-0.25, -0.2) is 18.2 Å². The fourth-order valence-electron chi connectivity index (χ4n) is 4.24. The van der Waals surface area contributed by atoms with E-state index in [0.29, 0.717) is 47.6 Å². The molecule has 2 aliphatic heterocycles. The Hall–Kier alpha value is -4.03. The van der Waals surface area contributed by atoms with Gasteiger partial charge in [0.2, 0.25) is 5.75 Å². The molecule has 0 radical (unpaired) electrons. The number of anilines is 4. The van der Waals surface area contributed by atoms with Gasteiger partial charge in [-0.1, -0.05) is 0 Å². The Kier molecular flexibility index (Phi) is 7.25. The van der Waals surface area contributed by atoms with Crippen LogP contribution in [0, 0.1) is 0 Å². The summed E-state index contributed by atoms with van der Waals surface area (Å²) < 4.78 is 36.3. The number of amides is 2. The summed E-state index contributed by atoms with van der Waals surface area (Å²) >= 11 is 0. The molecule has 0 atom stereocenters. The average molecular weight is 539 g/mol. The van der Waals surface area contributed by atoms with Gasteiger partial charge in [0, 0.05) is 61.8 Å². The molecule has 0 saturated carbocycles. The normalized spacial score (nSPS) is 15.6. The molecule has 11 nitrogen and oxygen atoms in total. The van der Waals surface area contributed by atoms with E-state index in [2.05, 4.69) is 37.8 Å². The van der Waals surface area contributed by atoms with Gasteiger partial charge >= 0.3 is 6.03 Å². The largest absolute Gasteiger partial charge is 0.485 e. The molecule has 0 unspecified atom stereocenters. The van der Waals surface area contributed by atoms with Gasteiger partial charge < -0.3 is 35.2 Å². The zero-order chi connectivity index (χ0) is 26.7. The Bertz CT molecular complexity index is 1420. The van der Waals surface area contributed by atoms with E-state index in [1.54, 1.807) is 48.7 Å². The second-order valence-corrected chi connectivity index (χ2v) is 11.3. The smallest absolute Gasteiger partial charge is 0.323 e. The molecule has 0 spiro atoms. The molecule has 12 heteroatoms. The van der Waals surface area contributed by atoms with E-state index >= 15 is 0 Å². The Balaban J connectivity index is 1.26. The Labute approximate surface area is 221 Å². The highest BCUT2D eigenvalue weighted by Crippen LogP contribution is 2.38. The van der Waals surface area contributed by atoms with E-state index in [1.807, 2.05) is 0 Å². The van der Waals surface area contributed by atoms with Crippen LogP contribution in [0.1, 0.15) is 0 Å². The number of carbonyl (C=O) groups is 1. The topological polar surface area (TPSA) is 125 Å². The van der Waals surface area contributed by atoms with Crippen LogP contribution in [0.4, 0.5) is 27.7 Å². The third kappa shape index (κ3) is 6.09. The first-order valence-electron chi connectivity index (χ1n) is 12.2. The van der Waals surface area contributed by atoms with Crippen LogP contribution in [0.25, 0.3) is 0 Å². The summed E-state index contributed by atoms with van der Waals surface area (Å²) in [4.78, 5) is 21.5. The second-order valence-electron chi connectivity index (χ2n) is 9.25. The Morgan fingerprint density at radius 2 is 1.76 bits per heavy atom. The molecule has 0 bridgehead atoms. The lowest BCUT2D eigenvalue weighted by Gasteiger charge is -2.34. The zero-order valence-corrected chi connectivity index (χ0v) is 22.0. The van der Waals surface area contributed by atoms with Crippen molar-refractivity contribution in [2.45, 2.75) is 4.90 Å². The summed E-state index contributed by atoms with van der Waals surface area (Å²) in [5, 5.41) is 8.71. The summed E-state index contributed by atoms with van der Waals surface area (Å²) in [6.07, 6.45) is 2.80. The number of pyridine rings is 1. The van der Waals surface area contributed by atoms with Crippen molar-refractivity contribution in [3.63, 3.8) is 0 Å². The van der Waals surface area contributed by atoms with Crippen LogP contribution in [-0.4, -0.2) is 77.0 Å². The summed E-state index contributed by atoms with van der Waals surface area (Å²) in [7, 11) is -1.41. The first-order chi connectivity index (χ1) is 18.2. The van der Waals surface area contributed by atoms with Crippen molar-refractivity contribution in [2.75, 3.05) is 73.5 Å². The summed E-state index contributed by atoms with van der Waals surface area (Å²) in [5.41, 5.74) is 1.70. The number of likely N-dealkylation sites (N-methyl/N-ethyl adjacent to an activating group) is 1. The van der Waals surface area contributed by atoms with Gasteiger partial charge in [-0.15, -0.1) is 0 Å². The maximum atomic E-state index is 12.8. The average Bonchev–Trinajstić information content (AvgIpc) is 2.90. The number of carbonyl (C=O) groups excluding carboxylic acids is 1. The number of sulfone groups is 1. The Morgan fingerprint density at radius 3 is 2.50 bits per heavy atom. The second kappa shape index (κ2) is 10.8. The zero-order valence-electron chi connectivity index (χ0n) is 21.2. The highest BCUT2D eigenvalue weighted by Gasteiger charge is 2.19. The lowest BCUT2D eigenvalue weighted by atomic mass is 10.2. The van der Waals surface area contributed by atoms with Gasteiger partial charge in [-0.3, -0.25) is 0 Å². The van der Waals surface area contributed by atoms with Crippen LogP contribution >= 0.6 is 0 Å². The molecule has 38 heavy (non-hydrogen) atoms. The number of ether oxygens (including phenoxy) is 2. The molecule has 2 amide bonds. The van der Waals surface area contributed by atoms with Crippen LogP contribution in [0.3, 0.4) is 0 Å². The number of nitrogens with zero attached hydrogens (tertiary/aromatic N) is 3. The number of rotatable bonds is 6. The summed E-state index contributed by atoms with van der Waals surface area (Å²) in [5.74, 6) is 2.31. The third-order valence-electron chi connectivity index (χ3n) is 6.30. The molecule has 0 aliphatic carbocycles. The maximum absolute atomic E-state index is 12.8. The standard InChI is InChI=1S/C26H30N6O5S/c1-31-10-12-32(13-11-31)20-15-19(16-22(17-20)38(2,34)35)30-26(33)29-18-3-5-21(6-4-18)37-23-7-8-27-25-24(23)36-14-9-28-25/h3-8,15-17H,9-14H2,1-2H3,(H,27,28)(H2,29,30,33). The van der Waals surface area contributed by atoms with Gasteiger partial charge in [0.15, 0.2) is 21.4 Å². The van der Waals surface area contributed by atoms with Crippen molar-refractivity contribution < 1.29 is 22.7 Å². The molecular weight excluding hydrogens is 508 g/mol. The molecule has 1 aromatic heterocycles. The quantitative estimate of drug-likeness (QED) is 0.433. The Morgan fingerprint density at radius 1 is 1.03 bits per heavy atom. The number of hydrogen-bond donors (Lipinski definition) is 3. The SMILES string of the molecule is CN1CCN(c2cc(NC(=O)Nc3ccc(Oc4ccnc5c4OCCN5)cc3)cc(S(C)(=O)=O)c2)CC1. The van der Waals surface area contributed by atoms with Crippen LogP contribution in [0.2, 0.25) is 0 Å². The highest BCUT2D eigenvalue weighted by molar-refractivity contribution is 7.90. The molecule has 3 aromatic rings. The van der Waals surface area contributed by atoms with Crippen molar-refractivity contribution >= 4 is 38.7 Å². The van der Waals surface area contributed by atoms with Crippen molar-refractivity contribution in [1.82, 2.24) is 9.88 Å². The lowest BCUT2D eigenvalue weighted by Crippen LogP contribution is -2.44. The number of nitrogens with one attached hydrogen (secondary N) is 3. The minimum atomic E-state index is -3.47. The predicted molar refractivity (Wildman–Crippen MR) is 147 cm³/mol. The summed E-state index contributed by atoms with van der Waals surface area (Å²) in [6, 6.07) is 13.0. The molecule has 200 valence electrons. The number of fused-ring (bicyclic) bond motifs is 1. The van der Waals surface area contributed by atoms with Crippen LogP contribution in [0.5, 0.6) is 17.2 Å². The van der Waals surface area contributed by atoms with Gasteiger partial charge in [-0.2, -0.15) is 0 Å². The molecule has 2 aliphatic rings. The fourth-order valence-corrected chi connectivity index (χ4v) is 4.92. The molecule has 1 fully saturated rings. The van der Waals surface area contributed by atoms with Crippen LogP contribution in [0.15, 0.2) is 59.6 Å². The fraction of sp³-hybridized carbons (Fsp3) is 0.308. The van der Waals surface area contributed by atoms with Crippen molar-refractivity contribution in [1.29, 1.82) is 0 Å². The molecule has 2 aromatic carbocycles. The monoisotopic (exact) mass is 538 g/mol. The lowest BCUT2D eigenvalue weighted by molar-refractivity contribution is 0.262. The van der Waals surface area contributed by atoms with Gasteiger partial charge in [0.1, 0.15) is 12.4 Å². The van der Waals surface area contributed by atoms with E-state index in [4.69, 9.17) is 9.47 Å². The number of aromatic nitrogens is 1. The molecule has 1 saturated heterocycles. The van der Waals surface area contributed by atoms with Crippen molar-refractivity contribution in [2.24, 2.45) is 0 Å². The van der Waals surface area contributed by atoms with Gasteiger partial charge in [0.25, 0.3) is 0 Å². The van der Waals surface area contributed by atoms with E-state index in [0.717, 1.165) is 38.1 Å². The molecule has 5 rings (SSSR count). The number of benzene rings is 2. The minimum absolute atomic E-state index is 0.156. The molecular formula is C26H30N6O5S. The third-order valence-corrected chi connectivity index (χ3v) is 7.39.